The topological polar surface area (TPSA) is 23.5 Å². The van der Waals surface area contributed by atoms with E-state index in [1.165, 1.54) is 0 Å². The molecule has 90 valence electrons. The number of hydrogen-bond acceptors (Lipinski definition) is 3. The molecule has 2 nitrogen and oxygen atoms in total. The zero-order valence-electron chi connectivity index (χ0n) is 9.90. The maximum atomic E-state index is 9.42. The van der Waals surface area contributed by atoms with Gasteiger partial charge in [-0.05, 0) is 38.7 Å². The lowest BCUT2D eigenvalue weighted by molar-refractivity contribution is 0.199. The summed E-state index contributed by atoms with van der Waals surface area (Å²) in [4.78, 5) is 3.22. The summed E-state index contributed by atoms with van der Waals surface area (Å²) in [6.07, 6.45) is -0.460. The number of benzene rings is 1. The Bertz CT molecular complexity index is 342. The van der Waals surface area contributed by atoms with Crippen molar-refractivity contribution in [2.75, 3.05) is 26.4 Å². The third-order valence-corrected chi connectivity index (χ3v) is 3.71. The second kappa shape index (κ2) is 6.50. The number of nitrogens with zero attached hydrogens (tertiary/aromatic N) is 1. The van der Waals surface area contributed by atoms with Crippen molar-refractivity contribution >= 4 is 23.4 Å². The molecule has 1 atom stereocenters. The van der Waals surface area contributed by atoms with Crippen LogP contribution in [0.3, 0.4) is 0 Å². The first kappa shape index (κ1) is 13.8. The van der Waals surface area contributed by atoms with Gasteiger partial charge in [-0.3, -0.25) is 0 Å². The van der Waals surface area contributed by atoms with E-state index >= 15 is 0 Å². The summed E-state index contributed by atoms with van der Waals surface area (Å²) in [5.41, 5.74) is 0.863. The van der Waals surface area contributed by atoms with Gasteiger partial charge in [-0.2, -0.15) is 0 Å². The number of aliphatic hydroxyl groups is 1. The molecule has 1 aromatic rings. The molecule has 0 heterocycles. The average Bonchev–Trinajstić information content (AvgIpc) is 2.19. The van der Waals surface area contributed by atoms with Gasteiger partial charge in [0.05, 0.1) is 11.1 Å². The van der Waals surface area contributed by atoms with Crippen LogP contribution >= 0.6 is 23.4 Å². The SMILES string of the molecule is CC(O)c1ccc(SCCN(C)C)c(Cl)c1. The van der Waals surface area contributed by atoms with Crippen molar-refractivity contribution in [3.05, 3.63) is 28.8 Å². The molecule has 0 bridgehead atoms. The Balaban J connectivity index is 2.61. The van der Waals surface area contributed by atoms with Gasteiger partial charge in [0.2, 0.25) is 0 Å². The minimum Gasteiger partial charge on any atom is -0.389 e. The van der Waals surface area contributed by atoms with Crippen molar-refractivity contribution < 1.29 is 5.11 Å². The monoisotopic (exact) mass is 259 g/mol. The third kappa shape index (κ3) is 4.34. The number of rotatable bonds is 5. The second-order valence-electron chi connectivity index (χ2n) is 4.02. The molecule has 0 spiro atoms. The summed E-state index contributed by atoms with van der Waals surface area (Å²) in [5, 5.41) is 10.1. The fraction of sp³-hybridized carbons (Fsp3) is 0.500. The molecule has 0 radical (unpaired) electrons. The van der Waals surface area contributed by atoms with E-state index in [9.17, 15) is 5.11 Å². The third-order valence-electron chi connectivity index (χ3n) is 2.23. The first-order chi connectivity index (χ1) is 7.50. The van der Waals surface area contributed by atoms with E-state index < -0.39 is 6.10 Å². The molecule has 0 aliphatic heterocycles. The van der Waals surface area contributed by atoms with Crippen molar-refractivity contribution in [2.45, 2.75) is 17.9 Å². The molecule has 4 heteroatoms. The van der Waals surface area contributed by atoms with Crippen molar-refractivity contribution in [1.82, 2.24) is 4.90 Å². The maximum absolute atomic E-state index is 9.42. The van der Waals surface area contributed by atoms with Gasteiger partial charge < -0.3 is 10.0 Å². The van der Waals surface area contributed by atoms with Crippen LogP contribution in [0.4, 0.5) is 0 Å². The summed E-state index contributed by atoms with van der Waals surface area (Å²) in [7, 11) is 4.11. The molecule has 0 amide bonds. The number of hydrogen-bond donors (Lipinski definition) is 1. The van der Waals surface area contributed by atoms with Crippen LogP contribution in [-0.4, -0.2) is 36.4 Å². The minimum atomic E-state index is -0.460. The predicted molar refractivity (Wildman–Crippen MR) is 71.4 cm³/mol. The highest BCUT2D eigenvalue weighted by molar-refractivity contribution is 7.99. The predicted octanol–water partition coefficient (Wildman–Crippen LogP) is 3.05. The van der Waals surface area contributed by atoms with Crippen LogP contribution in [0.2, 0.25) is 5.02 Å². The van der Waals surface area contributed by atoms with Gasteiger partial charge in [-0.15, -0.1) is 11.8 Å². The minimum absolute atomic E-state index is 0.460. The lowest BCUT2D eigenvalue weighted by Crippen LogP contribution is -2.14. The summed E-state index contributed by atoms with van der Waals surface area (Å²) in [6.45, 7) is 2.77. The lowest BCUT2D eigenvalue weighted by atomic mass is 10.1. The van der Waals surface area contributed by atoms with E-state index in [1.807, 2.05) is 18.2 Å². The first-order valence-corrected chi connectivity index (χ1v) is 6.62. The molecule has 0 fully saturated rings. The van der Waals surface area contributed by atoms with Gasteiger partial charge in [0.1, 0.15) is 0 Å². The highest BCUT2D eigenvalue weighted by atomic mass is 35.5. The summed E-state index contributed by atoms with van der Waals surface area (Å²) < 4.78 is 0. The quantitative estimate of drug-likeness (QED) is 0.823. The van der Waals surface area contributed by atoms with Crippen molar-refractivity contribution in [1.29, 1.82) is 0 Å². The molecule has 1 N–H and O–H groups in total. The highest BCUT2D eigenvalue weighted by Crippen LogP contribution is 2.29. The van der Waals surface area contributed by atoms with E-state index in [2.05, 4.69) is 19.0 Å². The van der Waals surface area contributed by atoms with E-state index in [-0.39, 0.29) is 0 Å². The summed E-state index contributed by atoms with van der Waals surface area (Å²) in [6, 6.07) is 5.74. The van der Waals surface area contributed by atoms with E-state index in [0.29, 0.717) is 0 Å². The zero-order chi connectivity index (χ0) is 12.1. The maximum Gasteiger partial charge on any atom is 0.0762 e. The van der Waals surface area contributed by atoms with Crippen LogP contribution in [0.5, 0.6) is 0 Å². The van der Waals surface area contributed by atoms with Gasteiger partial charge in [-0.25, -0.2) is 0 Å². The van der Waals surface area contributed by atoms with Crippen molar-refractivity contribution in [3.8, 4) is 0 Å². The molecule has 1 unspecified atom stereocenters. The largest absolute Gasteiger partial charge is 0.389 e. The Labute approximate surface area is 107 Å². The van der Waals surface area contributed by atoms with Gasteiger partial charge in [0, 0.05) is 17.2 Å². The van der Waals surface area contributed by atoms with Gasteiger partial charge in [0.15, 0.2) is 0 Å². The van der Waals surface area contributed by atoms with Gasteiger partial charge in [-0.1, -0.05) is 17.7 Å². The Kier molecular flexibility index (Phi) is 5.62. The van der Waals surface area contributed by atoms with E-state index in [4.69, 9.17) is 11.6 Å². The standard InChI is InChI=1S/C12H18ClNOS/c1-9(15)10-4-5-12(11(13)8-10)16-7-6-14(2)3/h4-5,8-9,15H,6-7H2,1-3H3. The number of thioether (sulfide) groups is 1. The lowest BCUT2D eigenvalue weighted by Gasteiger charge is -2.11. The molecule has 0 saturated heterocycles. The molecule has 1 aromatic carbocycles. The van der Waals surface area contributed by atoms with Crippen LogP contribution in [-0.2, 0) is 0 Å². The van der Waals surface area contributed by atoms with Crippen molar-refractivity contribution in [2.24, 2.45) is 0 Å². The molecule has 0 aliphatic rings. The highest BCUT2D eigenvalue weighted by Gasteiger charge is 2.06. The van der Waals surface area contributed by atoms with E-state index in [1.54, 1.807) is 18.7 Å². The fourth-order valence-corrected chi connectivity index (χ4v) is 2.62. The molecule has 0 aromatic heterocycles. The van der Waals surface area contributed by atoms with Crippen molar-refractivity contribution in [3.63, 3.8) is 0 Å². The van der Waals surface area contributed by atoms with Crippen LogP contribution < -0.4 is 0 Å². The van der Waals surface area contributed by atoms with Gasteiger partial charge >= 0.3 is 0 Å². The van der Waals surface area contributed by atoms with E-state index in [0.717, 1.165) is 27.8 Å². The van der Waals surface area contributed by atoms with Crippen LogP contribution in [0, 0.1) is 0 Å². The average molecular weight is 260 g/mol. The smallest absolute Gasteiger partial charge is 0.0762 e. The zero-order valence-corrected chi connectivity index (χ0v) is 11.5. The van der Waals surface area contributed by atoms with Crippen LogP contribution in [0.25, 0.3) is 0 Å². The normalized spacial score (nSPS) is 13.1. The second-order valence-corrected chi connectivity index (χ2v) is 5.56. The Morgan fingerprint density at radius 3 is 2.62 bits per heavy atom. The Morgan fingerprint density at radius 1 is 1.44 bits per heavy atom. The molecule has 0 saturated carbocycles. The summed E-state index contributed by atoms with van der Waals surface area (Å²) in [5.74, 6) is 1.01. The number of halogens is 1. The Hall–Kier alpha value is -0.220. The Morgan fingerprint density at radius 2 is 2.12 bits per heavy atom. The van der Waals surface area contributed by atoms with Gasteiger partial charge in [0.25, 0.3) is 0 Å². The first-order valence-electron chi connectivity index (χ1n) is 5.25. The fourth-order valence-electron chi connectivity index (χ4n) is 1.23. The molecule has 1 rings (SSSR count). The van der Waals surface area contributed by atoms with Crippen LogP contribution in [0.1, 0.15) is 18.6 Å². The molecule has 16 heavy (non-hydrogen) atoms. The number of aliphatic hydroxyl groups excluding tert-OH is 1. The summed E-state index contributed by atoms with van der Waals surface area (Å²) >= 11 is 7.88. The molecular formula is C12H18ClNOS. The molecular weight excluding hydrogens is 242 g/mol. The molecule has 0 aliphatic carbocycles. The van der Waals surface area contributed by atoms with Crippen LogP contribution in [0.15, 0.2) is 23.1 Å².